The van der Waals surface area contributed by atoms with Crippen molar-refractivity contribution in [2.45, 2.75) is 45.4 Å². The lowest BCUT2D eigenvalue weighted by molar-refractivity contribution is -0.131. The number of nitrogens with zero attached hydrogens (tertiary/aromatic N) is 3. The molecule has 0 aromatic rings. The van der Waals surface area contributed by atoms with Gasteiger partial charge in [0.2, 0.25) is 35.4 Å². The normalized spacial score (nSPS) is 10.0. The average molecular weight is 589 g/mol. The van der Waals surface area contributed by atoms with Crippen LogP contribution >= 0.6 is 0 Å². The highest BCUT2D eigenvalue weighted by molar-refractivity contribution is 5.88. The first kappa shape index (κ1) is 37.8. The first-order chi connectivity index (χ1) is 20.1. The zero-order chi connectivity index (χ0) is 31.8. The van der Waals surface area contributed by atoms with E-state index < -0.39 is 0 Å². The Morgan fingerprint density at radius 3 is 1.40 bits per heavy atom. The third-order valence-corrected chi connectivity index (χ3v) is 6.20. The van der Waals surface area contributed by atoms with Crippen LogP contribution in [0.4, 0.5) is 0 Å². The highest BCUT2D eigenvalue weighted by Gasteiger charge is 2.16. The van der Waals surface area contributed by atoms with Gasteiger partial charge in [-0.05, 0) is 50.0 Å². The molecule has 0 bridgehead atoms. The molecular formula is C30H48N6O6. The molecule has 0 spiro atoms. The first-order valence-electron chi connectivity index (χ1n) is 14.3. The quantitative estimate of drug-likeness (QED) is 0.113. The van der Waals surface area contributed by atoms with Crippen molar-refractivity contribution in [1.82, 2.24) is 30.7 Å². The minimum absolute atomic E-state index is 0.0150. The van der Waals surface area contributed by atoms with Gasteiger partial charge < -0.3 is 30.7 Å². The highest BCUT2D eigenvalue weighted by atomic mass is 16.2. The number of rotatable bonds is 24. The molecule has 0 unspecified atom stereocenters. The van der Waals surface area contributed by atoms with Gasteiger partial charge in [0.15, 0.2) is 0 Å². The zero-order valence-corrected chi connectivity index (χ0v) is 25.0. The van der Waals surface area contributed by atoms with Crippen molar-refractivity contribution in [2.24, 2.45) is 0 Å². The summed E-state index contributed by atoms with van der Waals surface area (Å²) in [7, 11) is 0. The molecule has 0 rings (SSSR count). The van der Waals surface area contributed by atoms with Crippen molar-refractivity contribution < 1.29 is 28.8 Å². The lowest BCUT2D eigenvalue weighted by Gasteiger charge is -2.25. The van der Waals surface area contributed by atoms with Gasteiger partial charge >= 0.3 is 0 Å². The third kappa shape index (κ3) is 17.5. The number of hydrogen-bond donors (Lipinski definition) is 3. The standard InChI is InChI=1S/C30H48N6O6/c1-6-25(37)31-16-11-19-34(28(40)8-3)20-13-18-33-27(39)15-24-36(30(42)10-5)23-14-22-35(29(41)9-4)21-12-17-32-26(38)7-2/h6-8,10H,1-3,5,9,11-24H2,4H3,(H,31,37)(H,32,38)(H,33,39). The fourth-order valence-corrected chi connectivity index (χ4v) is 3.89. The highest BCUT2D eigenvalue weighted by Crippen LogP contribution is 2.03. The molecule has 3 N–H and O–H groups in total. The minimum atomic E-state index is -0.300. The molecule has 0 fully saturated rings. The molecule has 0 saturated heterocycles. The van der Waals surface area contributed by atoms with Gasteiger partial charge in [0.1, 0.15) is 0 Å². The van der Waals surface area contributed by atoms with E-state index in [9.17, 15) is 28.8 Å². The van der Waals surface area contributed by atoms with Gasteiger partial charge in [-0.1, -0.05) is 33.2 Å². The van der Waals surface area contributed by atoms with Crippen LogP contribution in [-0.4, -0.2) is 109 Å². The van der Waals surface area contributed by atoms with Crippen molar-refractivity contribution in [2.75, 3.05) is 58.9 Å². The Hall–Kier alpha value is -4.22. The topological polar surface area (TPSA) is 148 Å². The van der Waals surface area contributed by atoms with Crippen molar-refractivity contribution >= 4 is 35.4 Å². The van der Waals surface area contributed by atoms with E-state index in [1.54, 1.807) is 16.7 Å². The van der Waals surface area contributed by atoms with Gasteiger partial charge in [0.05, 0.1) is 0 Å². The van der Waals surface area contributed by atoms with Crippen molar-refractivity contribution in [3.05, 3.63) is 50.6 Å². The predicted molar refractivity (Wildman–Crippen MR) is 163 cm³/mol. The van der Waals surface area contributed by atoms with Crippen LogP contribution in [0.2, 0.25) is 0 Å². The van der Waals surface area contributed by atoms with Crippen LogP contribution in [-0.2, 0) is 28.8 Å². The second kappa shape index (κ2) is 23.5. The molecular weight excluding hydrogens is 540 g/mol. The molecule has 0 aromatic heterocycles. The molecule has 12 heteroatoms. The van der Waals surface area contributed by atoms with E-state index in [-0.39, 0.29) is 48.4 Å². The van der Waals surface area contributed by atoms with Gasteiger partial charge in [0, 0.05) is 71.7 Å². The SMILES string of the molecule is C=CC(=O)NCCCN(CCCNC(=O)CCN(CCCN(CCCNC(=O)C=C)C(=O)CC)C(=O)C=C)C(=O)C=C. The summed E-state index contributed by atoms with van der Waals surface area (Å²) in [5, 5.41) is 8.15. The molecule has 0 saturated carbocycles. The van der Waals surface area contributed by atoms with E-state index in [0.29, 0.717) is 84.5 Å². The average Bonchev–Trinajstić information content (AvgIpc) is 3.00. The number of carbonyl (C=O) groups is 6. The smallest absolute Gasteiger partial charge is 0.245 e. The van der Waals surface area contributed by atoms with Gasteiger partial charge in [0.25, 0.3) is 0 Å². The summed E-state index contributed by atoms with van der Waals surface area (Å²) < 4.78 is 0. The molecule has 12 nitrogen and oxygen atoms in total. The van der Waals surface area contributed by atoms with Crippen LogP contribution < -0.4 is 16.0 Å². The van der Waals surface area contributed by atoms with Crippen LogP contribution in [0.5, 0.6) is 0 Å². The van der Waals surface area contributed by atoms with Gasteiger partial charge in [-0.2, -0.15) is 0 Å². The summed E-state index contributed by atoms with van der Waals surface area (Å²) in [6.07, 6.45) is 7.46. The van der Waals surface area contributed by atoms with Crippen molar-refractivity contribution in [1.29, 1.82) is 0 Å². The van der Waals surface area contributed by atoms with E-state index in [1.165, 1.54) is 29.2 Å². The van der Waals surface area contributed by atoms with Crippen LogP contribution in [0.25, 0.3) is 0 Å². The molecule has 0 aliphatic heterocycles. The molecule has 234 valence electrons. The monoisotopic (exact) mass is 588 g/mol. The lowest BCUT2D eigenvalue weighted by Crippen LogP contribution is -2.39. The Morgan fingerprint density at radius 2 is 0.952 bits per heavy atom. The van der Waals surface area contributed by atoms with Crippen LogP contribution in [0, 0.1) is 0 Å². The van der Waals surface area contributed by atoms with Crippen LogP contribution in [0.1, 0.15) is 45.4 Å². The van der Waals surface area contributed by atoms with E-state index in [0.717, 1.165) is 0 Å². The molecule has 42 heavy (non-hydrogen) atoms. The summed E-state index contributed by atoms with van der Waals surface area (Å²) in [6, 6.07) is 0. The second-order valence-corrected chi connectivity index (χ2v) is 9.30. The molecule has 0 atom stereocenters. The van der Waals surface area contributed by atoms with Gasteiger partial charge in [-0.3, -0.25) is 28.8 Å². The largest absolute Gasteiger partial charge is 0.356 e. The summed E-state index contributed by atoms with van der Waals surface area (Å²) in [4.78, 5) is 76.6. The third-order valence-electron chi connectivity index (χ3n) is 6.20. The number of amides is 6. The first-order valence-corrected chi connectivity index (χ1v) is 14.3. The molecule has 0 heterocycles. The molecule has 0 aliphatic carbocycles. The maximum absolute atomic E-state index is 12.4. The van der Waals surface area contributed by atoms with Gasteiger partial charge in [-0.25, -0.2) is 0 Å². The van der Waals surface area contributed by atoms with E-state index in [2.05, 4.69) is 42.3 Å². The summed E-state index contributed by atoms with van der Waals surface area (Å²) >= 11 is 0. The molecule has 0 aromatic carbocycles. The van der Waals surface area contributed by atoms with E-state index in [4.69, 9.17) is 0 Å². The zero-order valence-electron chi connectivity index (χ0n) is 25.0. The number of hydrogen-bond acceptors (Lipinski definition) is 6. The number of carbonyl (C=O) groups excluding carboxylic acids is 6. The van der Waals surface area contributed by atoms with Crippen LogP contribution in [0.15, 0.2) is 50.6 Å². The molecule has 0 radical (unpaired) electrons. The lowest BCUT2D eigenvalue weighted by atomic mass is 10.2. The predicted octanol–water partition coefficient (Wildman–Crippen LogP) is 0.925. The minimum Gasteiger partial charge on any atom is -0.356 e. The molecule has 6 amide bonds. The van der Waals surface area contributed by atoms with Crippen LogP contribution in [0.3, 0.4) is 0 Å². The van der Waals surface area contributed by atoms with Crippen molar-refractivity contribution in [3.63, 3.8) is 0 Å². The second-order valence-electron chi connectivity index (χ2n) is 9.30. The Kier molecular flexibility index (Phi) is 21.1. The Labute approximate surface area is 249 Å². The summed E-state index contributed by atoms with van der Waals surface area (Å²) in [5.41, 5.74) is 0. The van der Waals surface area contributed by atoms with E-state index in [1.807, 2.05) is 0 Å². The van der Waals surface area contributed by atoms with E-state index >= 15 is 0 Å². The fraction of sp³-hybridized carbons (Fsp3) is 0.533. The Morgan fingerprint density at radius 1 is 0.548 bits per heavy atom. The fourth-order valence-electron chi connectivity index (χ4n) is 3.89. The maximum Gasteiger partial charge on any atom is 0.245 e. The Bertz CT molecular complexity index is 951. The summed E-state index contributed by atoms with van der Waals surface area (Å²) in [6.45, 7) is 19.1. The Balaban J connectivity index is 4.60. The van der Waals surface area contributed by atoms with Crippen molar-refractivity contribution in [3.8, 4) is 0 Å². The van der Waals surface area contributed by atoms with Gasteiger partial charge in [-0.15, -0.1) is 0 Å². The molecule has 0 aliphatic rings. The number of nitrogens with one attached hydrogen (secondary N) is 3. The summed E-state index contributed by atoms with van der Waals surface area (Å²) in [5.74, 6) is -1.31. The maximum atomic E-state index is 12.4.